The van der Waals surface area contributed by atoms with E-state index in [1.165, 1.54) is 6.20 Å². The second-order valence-electron chi connectivity index (χ2n) is 5.03. The lowest BCUT2D eigenvalue weighted by molar-refractivity contribution is -0.192. The fourth-order valence-corrected chi connectivity index (χ4v) is 1.99. The zero-order chi connectivity index (χ0) is 22.2. The van der Waals surface area contributed by atoms with Crippen LogP contribution in [0.25, 0.3) is 10.9 Å². The SMILES string of the molecule is NC(=O)c1ccccc1.NS(=O)(=O)c1ncc2c[nH]cc2n1.O=C(O)C(F)(F)F. The third kappa shape index (κ3) is 7.94. The lowest BCUT2D eigenvalue weighted by Gasteiger charge is -1.94. The van der Waals surface area contributed by atoms with E-state index in [1.54, 1.807) is 36.7 Å². The van der Waals surface area contributed by atoms with Crippen molar-refractivity contribution in [3.63, 3.8) is 0 Å². The van der Waals surface area contributed by atoms with Crippen LogP contribution in [0.5, 0.6) is 0 Å². The van der Waals surface area contributed by atoms with Gasteiger partial charge in [0.2, 0.25) is 5.91 Å². The van der Waals surface area contributed by atoms with E-state index in [9.17, 15) is 26.4 Å². The maximum atomic E-state index is 10.8. The standard InChI is InChI=1S/C7H7NO.C6H6N4O2S.C2HF3O2/c8-7(9)6-4-2-1-3-5-6;7-13(11,12)6-9-2-4-1-8-3-5(4)10-6;3-2(4,5)1(6)7/h1-5H,(H2,8,9);1-3,8H,(H2,7,11,12);(H,6,7). The van der Waals surface area contributed by atoms with E-state index >= 15 is 0 Å². The molecule has 2 aromatic heterocycles. The number of sulfonamides is 1. The number of H-pyrrole nitrogens is 1. The molecule has 29 heavy (non-hydrogen) atoms. The molecule has 0 bridgehead atoms. The minimum Gasteiger partial charge on any atom is -0.475 e. The van der Waals surface area contributed by atoms with Crippen LogP contribution in [0, 0.1) is 0 Å². The summed E-state index contributed by atoms with van der Waals surface area (Å²) in [5.74, 6) is -3.14. The van der Waals surface area contributed by atoms with Crippen molar-refractivity contribution in [3.05, 3.63) is 54.5 Å². The number of nitrogens with zero attached hydrogens (tertiary/aromatic N) is 2. The van der Waals surface area contributed by atoms with Gasteiger partial charge in [0.25, 0.3) is 15.2 Å². The molecule has 3 rings (SSSR count). The van der Waals surface area contributed by atoms with E-state index in [0.717, 1.165) is 5.39 Å². The van der Waals surface area contributed by atoms with Crippen molar-refractivity contribution >= 4 is 32.8 Å². The highest BCUT2D eigenvalue weighted by molar-refractivity contribution is 7.89. The van der Waals surface area contributed by atoms with E-state index in [-0.39, 0.29) is 11.1 Å². The fraction of sp³-hybridized carbons (Fsp3) is 0.0667. The number of hydrogen-bond acceptors (Lipinski definition) is 6. The first-order valence-corrected chi connectivity index (χ1v) is 8.84. The molecule has 0 unspecified atom stereocenters. The molecule has 10 nitrogen and oxygen atoms in total. The van der Waals surface area contributed by atoms with E-state index < -0.39 is 22.2 Å². The number of aliphatic carboxylic acids is 1. The molecule has 0 fully saturated rings. The van der Waals surface area contributed by atoms with Crippen molar-refractivity contribution in [2.45, 2.75) is 11.3 Å². The van der Waals surface area contributed by atoms with Gasteiger partial charge in [-0.25, -0.2) is 28.3 Å². The Morgan fingerprint density at radius 3 is 2.07 bits per heavy atom. The van der Waals surface area contributed by atoms with Gasteiger partial charge in [-0.15, -0.1) is 0 Å². The van der Waals surface area contributed by atoms with Crippen molar-refractivity contribution in [2.75, 3.05) is 0 Å². The van der Waals surface area contributed by atoms with E-state index in [2.05, 4.69) is 15.0 Å². The molecule has 0 atom stereocenters. The van der Waals surface area contributed by atoms with Crippen molar-refractivity contribution in [3.8, 4) is 0 Å². The second kappa shape index (κ2) is 9.61. The predicted molar refractivity (Wildman–Crippen MR) is 93.9 cm³/mol. The van der Waals surface area contributed by atoms with Gasteiger partial charge in [-0.3, -0.25) is 4.79 Å². The normalized spacial score (nSPS) is 10.9. The molecule has 3 aromatic rings. The Hall–Kier alpha value is -3.52. The van der Waals surface area contributed by atoms with Crippen LogP contribution in [0.2, 0.25) is 0 Å². The monoisotopic (exact) mass is 433 g/mol. The highest BCUT2D eigenvalue weighted by atomic mass is 32.2. The summed E-state index contributed by atoms with van der Waals surface area (Å²) in [5, 5.41) is 12.4. The van der Waals surface area contributed by atoms with Crippen molar-refractivity contribution < 1.29 is 36.3 Å². The summed E-state index contributed by atoms with van der Waals surface area (Å²) in [4.78, 5) is 29.5. The van der Waals surface area contributed by atoms with Crippen LogP contribution >= 0.6 is 0 Å². The number of primary sulfonamides is 1. The number of primary amides is 1. The number of amides is 1. The minimum absolute atomic E-state index is 0.361. The first-order valence-electron chi connectivity index (χ1n) is 7.29. The highest BCUT2D eigenvalue weighted by Gasteiger charge is 2.38. The van der Waals surface area contributed by atoms with E-state index in [1.807, 2.05) is 6.07 Å². The molecule has 0 radical (unpaired) electrons. The number of benzene rings is 1. The Labute approximate surface area is 161 Å². The van der Waals surface area contributed by atoms with Gasteiger partial charge in [0.15, 0.2) is 0 Å². The molecule has 14 heteroatoms. The molecule has 0 aliphatic rings. The first-order chi connectivity index (χ1) is 13.3. The van der Waals surface area contributed by atoms with Gasteiger partial charge < -0.3 is 15.8 Å². The van der Waals surface area contributed by atoms with Gasteiger partial charge in [0.1, 0.15) is 0 Å². The molecule has 1 amide bonds. The Morgan fingerprint density at radius 2 is 1.66 bits per heavy atom. The molecular weight excluding hydrogens is 419 g/mol. The van der Waals surface area contributed by atoms with Crippen molar-refractivity contribution in [1.29, 1.82) is 0 Å². The van der Waals surface area contributed by atoms with Gasteiger partial charge in [-0.1, -0.05) is 18.2 Å². The number of hydrogen-bond donors (Lipinski definition) is 4. The Morgan fingerprint density at radius 1 is 1.10 bits per heavy atom. The first kappa shape index (κ1) is 23.5. The average molecular weight is 433 g/mol. The molecule has 0 spiro atoms. The number of carboxylic acid groups (broad SMARTS) is 1. The van der Waals surface area contributed by atoms with Crippen molar-refractivity contribution in [1.82, 2.24) is 15.0 Å². The van der Waals surface area contributed by atoms with E-state index in [4.69, 9.17) is 20.8 Å². The van der Waals surface area contributed by atoms with Crippen LogP contribution in [0.4, 0.5) is 13.2 Å². The molecule has 6 N–H and O–H groups in total. The zero-order valence-electron chi connectivity index (χ0n) is 14.3. The smallest absolute Gasteiger partial charge is 0.475 e. The number of carbonyl (C=O) groups is 2. The number of nitrogens with two attached hydrogens (primary N) is 2. The number of nitrogens with one attached hydrogen (secondary N) is 1. The Bertz CT molecular complexity index is 1080. The zero-order valence-corrected chi connectivity index (χ0v) is 15.1. The van der Waals surface area contributed by atoms with Gasteiger partial charge in [0.05, 0.1) is 5.52 Å². The number of alkyl halides is 3. The van der Waals surface area contributed by atoms with Crippen LogP contribution in [-0.4, -0.2) is 46.5 Å². The van der Waals surface area contributed by atoms with Crippen LogP contribution in [-0.2, 0) is 14.8 Å². The van der Waals surface area contributed by atoms with Crippen LogP contribution in [0.3, 0.4) is 0 Å². The Kier molecular flexibility index (Phi) is 7.79. The van der Waals surface area contributed by atoms with E-state index in [0.29, 0.717) is 11.1 Å². The largest absolute Gasteiger partial charge is 0.490 e. The Balaban J connectivity index is 0.000000232. The lowest BCUT2D eigenvalue weighted by atomic mass is 10.2. The molecule has 2 heterocycles. The third-order valence-electron chi connectivity index (χ3n) is 2.84. The molecular formula is C15H14F3N5O5S. The summed E-state index contributed by atoms with van der Waals surface area (Å²) in [6.45, 7) is 0. The number of aromatic amines is 1. The van der Waals surface area contributed by atoms with Crippen LogP contribution in [0.1, 0.15) is 10.4 Å². The summed E-state index contributed by atoms with van der Waals surface area (Å²) in [6.07, 6.45) is -0.438. The highest BCUT2D eigenvalue weighted by Crippen LogP contribution is 2.13. The summed E-state index contributed by atoms with van der Waals surface area (Å²) in [5.41, 5.74) is 6.05. The number of rotatable bonds is 2. The topological polar surface area (TPSA) is 182 Å². The van der Waals surface area contributed by atoms with Crippen LogP contribution in [0.15, 0.2) is 54.1 Å². The minimum atomic E-state index is -5.08. The summed E-state index contributed by atoms with van der Waals surface area (Å²) in [6, 6.07) is 8.76. The maximum Gasteiger partial charge on any atom is 0.490 e. The molecule has 156 valence electrons. The van der Waals surface area contributed by atoms with Gasteiger partial charge in [-0.2, -0.15) is 13.2 Å². The fourth-order valence-electron chi connectivity index (χ4n) is 1.56. The number of aromatic nitrogens is 3. The summed E-state index contributed by atoms with van der Waals surface area (Å²) < 4.78 is 53.4. The molecule has 0 aliphatic heterocycles. The number of fused-ring (bicyclic) bond motifs is 1. The molecule has 0 aliphatic carbocycles. The summed E-state index contributed by atoms with van der Waals surface area (Å²) in [7, 11) is -3.81. The molecule has 0 saturated heterocycles. The van der Waals surface area contributed by atoms with Gasteiger partial charge in [0, 0.05) is 29.5 Å². The lowest BCUT2D eigenvalue weighted by Crippen LogP contribution is -2.21. The van der Waals surface area contributed by atoms with Crippen LogP contribution < -0.4 is 10.9 Å². The average Bonchev–Trinajstić information content (AvgIpc) is 3.10. The summed E-state index contributed by atoms with van der Waals surface area (Å²) >= 11 is 0. The quantitative estimate of drug-likeness (QED) is 0.435. The number of carbonyl (C=O) groups excluding carboxylic acids is 1. The number of carboxylic acids is 1. The molecule has 1 aromatic carbocycles. The van der Waals surface area contributed by atoms with Gasteiger partial charge in [-0.05, 0) is 12.1 Å². The second-order valence-corrected chi connectivity index (χ2v) is 6.48. The third-order valence-corrected chi connectivity index (χ3v) is 3.55. The van der Waals surface area contributed by atoms with Gasteiger partial charge >= 0.3 is 12.1 Å². The molecule has 0 saturated carbocycles. The maximum absolute atomic E-state index is 10.8. The van der Waals surface area contributed by atoms with Crippen molar-refractivity contribution in [2.24, 2.45) is 10.9 Å². The predicted octanol–water partition coefficient (Wildman–Crippen LogP) is 1.02. The number of halogens is 3.